The van der Waals surface area contributed by atoms with Gasteiger partial charge in [-0.1, -0.05) is 23.7 Å². The quantitative estimate of drug-likeness (QED) is 0.233. The van der Waals surface area contributed by atoms with E-state index < -0.39 is 23.5 Å². The van der Waals surface area contributed by atoms with Crippen LogP contribution >= 0.6 is 11.6 Å². The summed E-state index contributed by atoms with van der Waals surface area (Å²) in [6, 6.07) is 13.9. The maximum atomic E-state index is 13.6. The normalized spacial score (nSPS) is 17.6. The molecular weight excluding hydrogens is 526 g/mol. The summed E-state index contributed by atoms with van der Waals surface area (Å²) in [5.74, 6) is -0.00111. The molecule has 1 atom stereocenters. The number of fused-ring (bicyclic) bond motifs is 1. The van der Waals surface area contributed by atoms with E-state index in [-0.39, 0.29) is 34.8 Å². The molecule has 5 rings (SSSR count). The highest BCUT2D eigenvalue weighted by Crippen LogP contribution is 2.46. The van der Waals surface area contributed by atoms with Crippen molar-refractivity contribution in [3.63, 3.8) is 0 Å². The summed E-state index contributed by atoms with van der Waals surface area (Å²) in [6.07, 6.45) is -0.0394. The Morgan fingerprint density at radius 3 is 2.33 bits per heavy atom. The lowest BCUT2D eigenvalue weighted by Gasteiger charge is -2.26. The number of methoxy groups -OCH3 is 2. The fraction of sp³-hybridized carbons (Fsp3) is 0.241. The van der Waals surface area contributed by atoms with Gasteiger partial charge in [0.25, 0.3) is 11.7 Å². The molecule has 10 heteroatoms. The van der Waals surface area contributed by atoms with Gasteiger partial charge in [0.2, 0.25) is 6.79 Å². The van der Waals surface area contributed by atoms with Gasteiger partial charge in [-0.05, 0) is 49.7 Å². The maximum Gasteiger partial charge on any atom is 0.300 e. The lowest BCUT2D eigenvalue weighted by atomic mass is 9.94. The predicted octanol–water partition coefficient (Wildman–Crippen LogP) is 5.50. The van der Waals surface area contributed by atoms with E-state index in [2.05, 4.69) is 0 Å². The first-order chi connectivity index (χ1) is 18.7. The van der Waals surface area contributed by atoms with Crippen LogP contribution in [-0.2, 0) is 9.59 Å². The number of carbonyl (C=O) groups excluding carboxylic acids is 2. The predicted molar refractivity (Wildman–Crippen MR) is 144 cm³/mol. The average Bonchev–Trinajstić information content (AvgIpc) is 3.50. The molecule has 9 nitrogen and oxygen atoms in total. The molecule has 2 heterocycles. The zero-order valence-corrected chi connectivity index (χ0v) is 22.4. The third-order valence-corrected chi connectivity index (χ3v) is 6.67. The maximum absolute atomic E-state index is 13.6. The van der Waals surface area contributed by atoms with Crippen LogP contribution in [0.2, 0.25) is 5.02 Å². The first-order valence-corrected chi connectivity index (χ1v) is 12.5. The van der Waals surface area contributed by atoms with Gasteiger partial charge in [0, 0.05) is 17.8 Å². The number of aliphatic hydroxyl groups excluding tert-OH is 1. The van der Waals surface area contributed by atoms with E-state index >= 15 is 0 Å². The van der Waals surface area contributed by atoms with Crippen molar-refractivity contribution in [3.05, 3.63) is 76.3 Å². The minimum Gasteiger partial charge on any atom is -0.507 e. The van der Waals surface area contributed by atoms with Crippen molar-refractivity contribution >= 4 is 34.7 Å². The first-order valence-electron chi connectivity index (χ1n) is 12.1. The molecule has 1 amide bonds. The number of benzene rings is 3. The third kappa shape index (κ3) is 4.70. The number of Topliss-reactive ketones (excluding diaryl/α,β-unsaturated/α-hetero) is 1. The van der Waals surface area contributed by atoms with Gasteiger partial charge in [-0.3, -0.25) is 14.5 Å². The van der Waals surface area contributed by atoms with E-state index in [9.17, 15) is 14.7 Å². The Kier molecular flexibility index (Phi) is 7.01. The topological polar surface area (TPSA) is 104 Å². The molecule has 0 radical (unpaired) electrons. The largest absolute Gasteiger partial charge is 0.507 e. The SMILES string of the molecule is COc1cc(OC)c(/C(O)=C2\C(=O)C(=O)N(c3ccc4c(c3)OCO4)C2c2ccc(OC(C)C)cc2)cc1Cl. The molecule has 202 valence electrons. The van der Waals surface area contributed by atoms with Crippen LogP contribution < -0.4 is 28.6 Å². The molecule has 0 saturated carbocycles. The van der Waals surface area contributed by atoms with Crippen molar-refractivity contribution in [2.45, 2.75) is 26.0 Å². The number of ketones is 1. The van der Waals surface area contributed by atoms with Gasteiger partial charge in [-0.2, -0.15) is 0 Å². The lowest BCUT2D eigenvalue weighted by Crippen LogP contribution is -2.29. The van der Waals surface area contributed by atoms with E-state index in [0.29, 0.717) is 34.2 Å². The van der Waals surface area contributed by atoms with E-state index in [1.165, 1.54) is 31.3 Å². The van der Waals surface area contributed by atoms with Crippen LogP contribution in [0, 0.1) is 0 Å². The summed E-state index contributed by atoms with van der Waals surface area (Å²) < 4.78 is 27.4. The van der Waals surface area contributed by atoms with Crippen molar-refractivity contribution in [1.29, 1.82) is 0 Å². The van der Waals surface area contributed by atoms with Crippen molar-refractivity contribution in [2.24, 2.45) is 0 Å². The molecule has 0 bridgehead atoms. The van der Waals surface area contributed by atoms with Crippen LogP contribution in [0.1, 0.15) is 31.0 Å². The first kappa shape index (κ1) is 26.2. The molecule has 1 saturated heterocycles. The minimum absolute atomic E-state index is 0.0394. The second kappa shape index (κ2) is 10.4. The number of rotatable bonds is 7. The van der Waals surface area contributed by atoms with Gasteiger partial charge in [0.15, 0.2) is 11.5 Å². The van der Waals surface area contributed by atoms with Gasteiger partial charge in [0.1, 0.15) is 23.0 Å². The highest BCUT2D eigenvalue weighted by atomic mass is 35.5. The summed E-state index contributed by atoms with van der Waals surface area (Å²) in [5.41, 5.74) is 0.974. The molecule has 0 aliphatic carbocycles. The third-order valence-electron chi connectivity index (χ3n) is 6.38. The second-order valence-corrected chi connectivity index (χ2v) is 9.54. The Morgan fingerprint density at radius 1 is 0.974 bits per heavy atom. The standard InChI is InChI=1S/C29H26ClNO8/c1-15(2)39-18-8-5-16(6-9-18)26-25(27(32)19-12-20(30)23(36-4)13-22(19)35-3)28(33)29(34)31(26)17-7-10-21-24(11-17)38-14-37-21/h5-13,15,26,32H,14H2,1-4H3/b27-25+. The van der Waals surface area contributed by atoms with E-state index in [1.54, 1.807) is 42.5 Å². The summed E-state index contributed by atoms with van der Waals surface area (Å²) in [7, 11) is 2.86. The monoisotopic (exact) mass is 551 g/mol. The van der Waals surface area contributed by atoms with Crippen LogP contribution in [0.25, 0.3) is 5.76 Å². The molecule has 2 aliphatic heterocycles. The van der Waals surface area contributed by atoms with Crippen molar-refractivity contribution in [2.75, 3.05) is 25.9 Å². The van der Waals surface area contributed by atoms with Crippen molar-refractivity contribution in [1.82, 2.24) is 0 Å². The van der Waals surface area contributed by atoms with Crippen LogP contribution in [0.3, 0.4) is 0 Å². The zero-order chi connectivity index (χ0) is 27.8. The van der Waals surface area contributed by atoms with Gasteiger partial charge >= 0.3 is 0 Å². The van der Waals surface area contributed by atoms with Gasteiger partial charge < -0.3 is 28.8 Å². The number of anilines is 1. The molecule has 2 aliphatic rings. The molecule has 1 unspecified atom stereocenters. The number of hydrogen-bond donors (Lipinski definition) is 1. The Balaban J connectivity index is 1.70. The molecular formula is C29H26ClNO8. The fourth-order valence-corrected chi connectivity index (χ4v) is 4.88. The number of carbonyl (C=O) groups is 2. The Hall–Kier alpha value is -4.37. The summed E-state index contributed by atoms with van der Waals surface area (Å²) in [5, 5.41) is 11.8. The number of hydrogen-bond acceptors (Lipinski definition) is 8. The zero-order valence-electron chi connectivity index (χ0n) is 21.7. The Morgan fingerprint density at radius 2 is 1.67 bits per heavy atom. The highest BCUT2D eigenvalue weighted by Gasteiger charge is 2.47. The number of amides is 1. The molecule has 3 aromatic rings. The van der Waals surface area contributed by atoms with Crippen molar-refractivity contribution in [3.8, 4) is 28.7 Å². The fourth-order valence-electron chi connectivity index (χ4n) is 4.64. The molecule has 39 heavy (non-hydrogen) atoms. The van der Waals surface area contributed by atoms with Gasteiger partial charge in [0.05, 0.1) is 42.5 Å². The van der Waals surface area contributed by atoms with Crippen LogP contribution in [-0.4, -0.2) is 43.9 Å². The molecule has 0 aromatic heterocycles. The number of halogens is 1. The summed E-state index contributed by atoms with van der Waals surface area (Å²) in [4.78, 5) is 28.4. The number of aliphatic hydroxyl groups is 1. The van der Waals surface area contributed by atoms with Gasteiger partial charge in [-0.15, -0.1) is 0 Å². The Labute approximate surface area is 230 Å². The smallest absolute Gasteiger partial charge is 0.300 e. The second-order valence-electron chi connectivity index (χ2n) is 9.13. The van der Waals surface area contributed by atoms with E-state index in [0.717, 1.165) is 0 Å². The van der Waals surface area contributed by atoms with Crippen molar-refractivity contribution < 1.29 is 38.4 Å². The molecule has 1 fully saturated rings. The Bertz CT molecular complexity index is 1480. The molecule has 0 spiro atoms. The highest BCUT2D eigenvalue weighted by molar-refractivity contribution is 6.51. The van der Waals surface area contributed by atoms with Crippen LogP contribution in [0.5, 0.6) is 28.7 Å². The number of nitrogens with zero attached hydrogens (tertiary/aromatic N) is 1. The van der Waals surface area contributed by atoms with Gasteiger partial charge in [-0.25, -0.2) is 0 Å². The van der Waals surface area contributed by atoms with E-state index in [4.69, 9.17) is 35.3 Å². The molecule has 3 aromatic carbocycles. The summed E-state index contributed by atoms with van der Waals surface area (Å²) in [6.45, 7) is 3.88. The van der Waals surface area contributed by atoms with E-state index in [1.807, 2.05) is 13.8 Å². The average molecular weight is 552 g/mol. The number of ether oxygens (including phenoxy) is 5. The molecule has 1 N–H and O–H groups in total. The van der Waals surface area contributed by atoms with Crippen LogP contribution in [0.15, 0.2) is 60.2 Å². The summed E-state index contributed by atoms with van der Waals surface area (Å²) >= 11 is 6.35. The minimum atomic E-state index is -0.982. The van der Waals surface area contributed by atoms with Crippen LogP contribution in [0.4, 0.5) is 5.69 Å². The lowest BCUT2D eigenvalue weighted by molar-refractivity contribution is -0.132.